The van der Waals surface area contributed by atoms with Crippen LogP contribution in [0.5, 0.6) is 0 Å². The first-order chi connectivity index (χ1) is 7.38. The molecule has 0 unspecified atom stereocenters. The van der Waals surface area contributed by atoms with Gasteiger partial charge >= 0.3 is 5.97 Å². The van der Waals surface area contributed by atoms with Gasteiger partial charge in [0.2, 0.25) is 0 Å². The van der Waals surface area contributed by atoms with Gasteiger partial charge in [-0.1, -0.05) is 11.6 Å². The summed E-state index contributed by atoms with van der Waals surface area (Å²) in [5.41, 5.74) is 0.363. The number of aromatic nitrogens is 1. The number of thiazole rings is 1. The first kappa shape index (κ1) is 12.9. The minimum atomic E-state index is -1.10. The number of rotatable bonds is 3. The van der Waals surface area contributed by atoms with Gasteiger partial charge in [-0.2, -0.15) is 0 Å². The quantitative estimate of drug-likeness (QED) is 0.838. The zero-order chi connectivity index (χ0) is 12.3. The maximum atomic E-state index is 11.7. The van der Waals surface area contributed by atoms with Crippen molar-refractivity contribution in [2.24, 2.45) is 0 Å². The molecule has 0 bridgehead atoms. The third-order valence-corrected chi connectivity index (χ3v) is 3.08. The monoisotopic (exact) mass is 262 g/mol. The van der Waals surface area contributed by atoms with Gasteiger partial charge in [-0.3, -0.25) is 4.79 Å². The van der Waals surface area contributed by atoms with Gasteiger partial charge in [0.15, 0.2) is 5.15 Å². The molecule has 1 aromatic heterocycles. The second-order valence-corrected chi connectivity index (χ2v) is 4.76. The number of hydrogen-bond acceptors (Lipinski definition) is 5. The highest BCUT2D eigenvalue weighted by Crippen LogP contribution is 2.19. The van der Waals surface area contributed by atoms with E-state index in [1.807, 2.05) is 0 Å². The summed E-state index contributed by atoms with van der Waals surface area (Å²) in [6.07, 6.45) is 0. The summed E-state index contributed by atoms with van der Waals surface area (Å²) < 4.78 is 4.56. The minimum Gasteiger partial charge on any atom is -0.467 e. The van der Waals surface area contributed by atoms with Gasteiger partial charge in [0.1, 0.15) is 10.4 Å². The molecule has 0 radical (unpaired) electrons. The van der Waals surface area contributed by atoms with Crippen LogP contribution in [0.2, 0.25) is 5.15 Å². The Morgan fingerprint density at radius 3 is 2.62 bits per heavy atom. The van der Waals surface area contributed by atoms with Crippen molar-refractivity contribution in [3.05, 3.63) is 15.5 Å². The van der Waals surface area contributed by atoms with E-state index in [1.54, 1.807) is 13.8 Å². The SMILES string of the molecule is COC(=O)C(C)(C)NC(=O)c1scnc1Cl. The first-order valence-corrected chi connectivity index (χ1v) is 5.64. The van der Waals surface area contributed by atoms with E-state index in [9.17, 15) is 9.59 Å². The molecule has 0 aliphatic rings. The normalized spacial score (nSPS) is 11.0. The summed E-state index contributed by atoms with van der Waals surface area (Å²) in [7, 11) is 1.26. The van der Waals surface area contributed by atoms with Crippen LogP contribution >= 0.6 is 22.9 Å². The van der Waals surface area contributed by atoms with Crippen molar-refractivity contribution < 1.29 is 14.3 Å². The number of methoxy groups -OCH3 is 1. The third-order valence-electron chi connectivity index (χ3n) is 1.85. The zero-order valence-electron chi connectivity index (χ0n) is 9.04. The lowest BCUT2D eigenvalue weighted by Crippen LogP contribution is -2.50. The largest absolute Gasteiger partial charge is 0.467 e. The molecule has 0 aliphatic heterocycles. The van der Waals surface area contributed by atoms with Crippen molar-refractivity contribution in [3.63, 3.8) is 0 Å². The lowest BCUT2D eigenvalue weighted by atomic mass is 10.1. The molecule has 1 N–H and O–H groups in total. The number of esters is 1. The molecule has 1 amide bonds. The van der Waals surface area contributed by atoms with Crippen LogP contribution in [0.4, 0.5) is 0 Å². The zero-order valence-corrected chi connectivity index (χ0v) is 10.6. The van der Waals surface area contributed by atoms with E-state index < -0.39 is 17.4 Å². The highest BCUT2D eigenvalue weighted by Gasteiger charge is 2.31. The Bertz CT molecular complexity index is 417. The Morgan fingerprint density at radius 2 is 2.19 bits per heavy atom. The van der Waals surface area contributed by atoms with E-state index in [1.165, 1.54) is 12.6 Å². The summed E-state index contributed by atoms with van der Waals surface area (Å²) in [5.74, 6) is -0.968. The van der Waals surface area contributed by atoms with Gasteiger partial charge in [0, 0.05) is 0 Å². The van der Waals surface area contributed by atoms with E-state index in [0.29, 0.717) is 0 Å². The Morgan fingerprint density at radius 1 is 1.56 bits per heavy atom. The average Bonchev–Trinajstić information content (AvgIpc) is 2.62. The van der Waals surface area contributed by atoms with E-state index in [4.69, 9.17) is 11.6 Å². The second kappa shape index (κ2) is 4.80. The molecular weight excluding hydrogens is 252 g/mol. The van der Waals surface area contributed by atoms with Gasteiger partial charge < -0.3 is 10.1 Å². The number of carbonyl (C=O) groups is 2. The number of hydrogen-bond donors (Lipinski definition) is 1. The predicted molar refractivity (Wildman–Crippen MR) is 60.7 cm³/mol. The molecule has 0 saturated carbocycles. The van der Waals surface area contributed by atoms with Crippen molar-refractivity contribution in [3.8, 4) is 0 Å². The number of nitrogens with one attached hydrogen (secondary N) is 1. The molecular formula is C9H11ClN2O3S. The van der Waals surface area contributed by atoms with E-state index in [2.05, 4.69) is 15.0 Å². The Hall–Kier alpha value is -1.14. The van der Waals surface area contributed by atoms with Crippen LogP contribution in [-0.4, -0.2) is 29.5 Å². The summed E-state index contributed by atoms with van der Waals surface area (Å²) >= 11 is 6.81. The van der Waals surface area contributed by atoms with Crippen LogP contribution in [0.15, 0.2) is 5.51 Å². The van der Waals surface area contributed by atoms with Crippen molar-refractivity contribution in [1.29, 1.82) is 0 Å². The molecule has 0 fully saturated rings. The maximum Gasteiger partial charge on any atom is 0.330 e. The highest BCUT2D eigenvalue weighted by molar-refractivity contribution is 7.12. The number of ether oxygens (including phenoxy) is 1. The molecule has 0 spiro atoms. The number of amides is 1. The summed E-state index contributed by atoms with van der Waals surface area (Å²) in [6, 6.07) is 0. The van der Waals surface area contributed by atoms with Crippen LogP contribution < -0.4 is 5.32 Å². The summed E-state index contributed by atoms with van der Waals surface area (Å²) in [4.78, 5) is 27.1. The number of nitrogens with zero attached hydrogens (tertiary/aromatic N) is 1. The fourth-order valence-electron chi connectivity index (χ4n) is 1.03. The average molecular weight is 263 g/mol. The minimum absolute atomic E-state index is 0.128. The van der Waals surface area contributed by atoms with E-state index >= 15 is 0 Å². The van der Waals surface area contributed by atoms with Gasteiger partial charge in [0.25, 0.3) is 5.91 Å². The Balaban J connectivity index is 2.79. The Kier molecular flexibility index (Phi) is 3.88. The fraction of sp³-hybridized carbons (Fsp3) is 0.444. The van der Waals surface area contributed by atoms with Gasteiger partial charge in [0.05, 0.1) is 12.6 Å². The third kappa shape index (κ3) is 2.70. The maximum absolute atomic E-state index is 11.7. The van der Waals surface area contributed by atoms with Crippen LogP contribution in [0.3, 0.4) is 0 Å². The predicted octanol–water partition coefficient (Wildman–Crippen LogP) is 1.48. The van der Waals surface area contributed by atoms with Crippen molar-refractivity contribution >= 4 is 34.8 Å². The van der Waals surface area contributed by atoms with Crippen LogP contribution in [-0.2, 0) is 9.53 Å². The topological polar surface area (TPSA) is 68.3 Å². The molecule has 5 nitrogen and oxygen atoms in total. The standard InChI is InChI=1S/C9H11ClN2O3S/c1-9(2,8(14)15-3)12-7(13)5-6(10)11-4-16-5/h4H,1-3H3,(H,12,13). The highest BCUT2D eigenvalue weighted by atomic mass is 35.5. The van der Waals surface area contributed by atoms with Crippen LogP contribution in [0.25, 0.3) is 0 Å². The van der Waals surface area contributed by atoms with Gasteiger partial charge in [-0.25, -0.2) is 9.78 Å². The molecule has 88 valence electrons. The van der Waals surface area contributed by atoms with E-state index in [-0.39, 0.29) is 10.0 Å². The van der Waals surface area contributed by atoms with Gasteiger partial charge in [-0.05, 0) is 13.8 Å². The molecule has 7 heteroatoms. The lowest BCUT2D eigenvalue weighted by molar-refractivity contribution is -0.146. The molecule has 0 saturated heterocycles. The molecule has 0 aliphatic carbocycles. The summed E-state index contributed by atoms with van der Waals surface area (Å²) in [5, 5.41) is 2.65. The first-order valence-electron chi connectivity index (χ1n) is 4.38. The van der Waals surface area contributed by atoms with Crippen molar-refractivity contribution in [2.75, 3.05) is 7.11 Å². The smallest absolute Gasteiger partial charge is 0.330 e. The molecule has 0 atom stereocenters. The lowest BCUT2D eigenvalue weighted by Gasteiger charge is -2.22. The molecule has 1 aromatic rings. The molecule has 1 heterocycles. The second-order valence-electron chi connectivity index (χ2n) is 3.54. The van der Waals surface area contributed by atoms with E-state index in [0.717, 1.165) is 11.3 Å². The Labute approximate surface area is 102 Å². The van der Waals surface area contributed by atoms with Crippen LogP contribution in [0, 0.1) is 0 Å². The van der Waals surface area contributed by atoms with Crippen LogP contribution in [0.1, 0.15) is 23.5 Å². The molecule has 0 aromatic carbocycles. The van der Waals surface area contributed by atoms with Crippen molar-refractivity contribution in [2.45, 2.75) is 19.4 Å². The summed E-state index contributed by atoms with van der Waals surface area (Å²) in [6.45, 7) is 3.09. The van der Waals surface area contributed by atoms with Crippen molar-refractivity contribution in [1.82, 2.24) is 10.3 Å². The number of halogens is 1. The fourth-order valence-corrected chi connectivity index (χ4v) is 1.92. The van der Waals surface area contributed by atoms with Gasteiger partial charge in [-0.15, -0.1) is 11.3 Å². The molecule has 1 rings (SSSR count). The number of carbonyl (C=O) groups excluding carboxylic acids is 2. The molecule has 16 heavy (non-hydrogen) atoms.